The van der Waals surface area contributed by atoms with E-state index in [1.165, 1.54) is 33.7 Å². The Morgan fingerprint density at radius 2 is 1.72 bits per heavy atom. The third-order valence-corrected chi connectivity index (χ3v) is 4.81. The molecule has 0 radical (unpaired) electrons. The number of halogens is 2. The van der Waals surface area contributed by atoms with E-state index in [1.54, 1.807) is 0 Å². The van der Waals surface area contributed by atoms with Gasteiger partial charge in [-0.05, 0) is 38.0 Å². The summed E-state index contributed by atoms with van der Waals surface area (Å²) in [5.74, 6) is 0. The molecule has 5 heteroatoms. The van der Waals surface area contributed by atoms with E-state index in [1.807, 2.05) is 0 Å². The van der Waals surface area contributed by atoms with Crippen molar-refractivity contribution in [2.24, 2.45) is 4.99 Å². The topological polar surface area (TPSA) is 33.4 Å². The number of aryl methyl sites for hydroxylation is 2. The van der Waals surface area contributed by atoms with Gasteiger partial charge in [-0.2, -0.15) is 4.99 Å². The van der Waals surface area contributed by atoms with E-state index >= 15 is 0 Å². The van der Waals surface area contributed by atoms with Gasteiger partial charge in [-0.15, -0.1) is 0 Å². The molecule has 0 saturated carbocycles. The molecule has 0 aromatic heterocycles. The van der Waals surface area contributed by atoms with Crippen molar-refractivity contribution in [3.63, 3.8) is 0 Å². The maximum Gasteiger partial charge on any atom is 0.194 e. The van der Waals surface area contributed by atoms with Crippen molar-refractivity contribution in [3.05, 3.63) is 59.2 Å². The molecule has 0 fully saturated rings. The van der Waals surface area contributed by atoms with Crippen LogP contribution in [-0.2, 0) is 0 Å². The van der Waals surface area contributed by atoms with E-state index in [4.69, 9.17) is 0 Å². The number of aliphatic imine (C=N–C) groups is 1. The van der Waals surface area contributed by atoms with E-state index in [0.717, 1.165) is 18.8 Å². The highest BCUT2D eigenvalue weighted by molar-refractivity contribution is 5.73. The lowest BCUT2D eigenvalue weighted by molar-refractivity contribution is -0.734. The Hall–Kier alpha value is -1.39. The molecule has 1 heterocycles. The lowest BCUT2D eigenvalue weighted by Gasteiger charge is -2.13. The number of fused-ring (bicyclic) bond motifs is 1. The lowest BCUT2D eigenvalue weighted by atomic mass is 10.1. The highest BCUT2D eigenvalue weighted by Crippen LogP contribution is 2.27. The van der Waals surface area contributed by atoms with Gasteiger partial charge in [0.15, 0.2) is 12.0 Å². The predicted molar refractivity (Wildman–Crippen MR) is 95.8 cm³/mol. The fourth-order valence-corrected chi connectivity index (χ4v) is 3.13. The molecule has 0 bridgehead atoms. The molecule has 0 amide bonds. The third kappa shape index (κ3) is 5.29. The maximum atomic E-state index is 4.57. The molecular weight excluding hydrogens is 353 g/mol. The molecular formula is C20H27Cl2N3. The Morgan fingerprint density at radius 3 is 2.44 bits per heavy atom. The summed E-state index contributed by atoms with van der Waals surface area (Å²) in [6.07, 6.45) is 3.25. The van der Waals surface area contributed by atoms with Crippen LogP contribution in [0.15, 0.2) is 47.5 Å². The molecule has 3 nitrogen and oxygen atoms in total. The molecule has 0 spiro atoms. The summed E-state index contributed by atoms with van der Waals surface area (Å²) in [4.78, 5) is 5.96. The van der Waals surface area contributed by atoms with Crippen LogP contribution in [0.4, 0.5) is 11.4 Å². The number of quaternary nitrogens is 2. The van der Waals surface area contributed by atoms with Gasteiger partial charge in [-0.25, -0.2) is 0 Å². The first-order valence-corrected chi connectivity index (χ1v) is 8.55. The second kappa shape index (κ2) is 9.93. The molecule has 25 heavy (non-hydrogen) atoms. The maximum absolute atomic E-state index is 4.57. The molecule has 2 aromatic rings. The third-order valence-electron chi connectivity index (χ3n) is 4.81. The highest BCUT2D eigenvalue weighted by Gasteiger charge is 2.22. The van der Waals surface area contributed by atoms with Crippen LogP contribution >= 0.6 is 0 Å². The lowest BCUT2D eigenvalue weighted by Crippen LogP contribution is -3.05. The van der Waals surface area contributed by atoms with Gasteiger partial charge in [0, 0.05) is 18.1 Å². The molecule has 0 aliphatic carbocycles. The van der Waals surface area contributed by atoms with Gasteiger partial charge < -0.3 is 30.1 Å². The molecule has 1 aliphatic rings. The fourth-order valence-electron chi connectivity index (χ4n) is 3.13. The summed E-state index contributed by atoms with van der Waals surface area (Å²) < 4.78 is 0. The van der Waals surface area contributed by atoms with Gasteiger partial charge >= 0.3 is 0 Å². The minimum Gasteiger partial charge on any atom is -1.00 e. The molecule has 2 atom stereocenters. The van der Waals surface area contributed by atoms with Crippen LogP contribution in [-0.4, -0.2) is 19.4 Å². The Labute approximate surface area is 163 Å². The molecule has 136 valence electrons. The Balaban J connectivity index is 0.00000156. The monoisotopic (exact) mass is 379 g/mol. The Kier molecular flexibility index (Phi) is 8.60. The van der Waals surface area contributed by atoms with Gasteiger partial charge in [-0.1, -0.05) is 30.3 Å². The largest absolute Gasteiger partial charge is 1.00 e. The van der Waals surface area contributed by atoms with Gasteiger partial charge in [-0.3, -0.25) is 4.90 Å². The van der Waals surface area contributed by atoms with Crippen LogP contribution in [0.3, 0.4) is 0 Å². The number of nitrogens with zero attached hydrogens (tertiary/aromatic N) is 1. The van der Waals surface area contributed by atoms with Crippen molar-refractivity contribution in [1.82, 2.24) is 0 Å². The quantitative estimate of drug-likeness (QED) is 0.483. The van der Waals surface area contributed by atoms with E-state index in [0.29, 0.717) is 6.04 Å². The fraction of sp³-hybridized carbons (Fsp3) is 0.350. The van der Waals surface area contributed by atoms with Crippen LogP contribution in [0, 0.1) is 13.8 Å². The van der Waals surface area contributed by atoms with E-state index in [2.05, 4.69) is 79.9 Å². The summed E-state index contributed by atoms with van der Waals surface area (Å²) >= 11 is 0. The average molecular weight is 380 g/mol. The minimum atomic E-state index is 0. The number of nitrogens with one attached hydrogen (secondary N) is 1. The van der Waals surface area contributed by atoms with Crippen LogP contribution in [0.5, 0.6) is 0 Å². The SMILES string of the molecule is Cc1cc2c(cc1C)[NH+](CCC[NH2+]C(C)c1ccccc1)C=N2.[Cl-].[Cl-]. The molecule has 1 aliphatic heterocycles. The van der Waals surface area contributed by atoms with Crippen molar-refractivity contribution in [1.29, 1.82) is 0 Å². The zero-order valence-corrected chi connectivity index (χ0v) is 16.6. The van der Waals surface area contributed by atoms with Crippen LogP contribution in [0.25, 0.3) is 0 Å². The Morgan fingerprint density at radius 1 is 1.04 bits per heavy atom. The summed E-state index contributed by atoms with van der Waals surface area (Å²) in [6.45, 7) is 8.87. The van der Waals surface area contributed by atoms with E-state index < -0.39 is 0 Å². The summed E-state index contributed by atoms with van der Waals surface area (Å²) in [6, 6.07) is 15.8. The smallest absolute Gasteiger partial charge is 0.194 e. The summed E-state index contributed by atoms with van der Waals surface area (Å²) in [7, 11) is 0. The van der Waals surface area contributed by atoms with Crippen molar-refractivity contribution in [3.8, 4) is 0 Å². The second-order valence-electron chi connectivity index (χ2n) is 6.56. The molecule has 3 rings (SSSR count). The molecule has 2 aromatic carbocycles. The first-order valence-electron chi connectivity index (χ1n) is 8.55. The van der Waals surface area contributed by atoms with E-state index in [-0.39, 0.29) is 24.8 Å². The van der Waals surface area contributed by atoms with Crippen LogP contribution in [0.2, 0.25) is 0 Å². The normalized spacial score (nSPS) is 15.9. The first kappa shape index (κ1) is 21.7. The predicted octanol–water partition coefficient (Wildman–Crippen LogP) is -3.78. The van der Waals surface area contributed by atoms with E-state index in [9.17, 15) is 0 Å². The number of hydrogen-bond donors (Lipinski definition) is 2. The van der Waals surface area contributed by atoms with Crippen LogP contribution in [0.1, 0.15) is 36.1 Å². The molecule has 3 N–H and O–H groups in total. The van der Waals surface area contributed by atoms with Gasteiger partial charge in [0.05, 0.1) is 13.1 Å². The van der Waals surface area contributed by atoms with Crippen molar-refractivity contribution >= 4 is 17.7 Å². The second-order valence-corrected chi connectivity index (χ2v) is 6.56. The van der Waals surface area contributed by atoms with Crippen molar-refractivity contribution < 1.29 is 35.0 Å². The number of benzene rings is 2. The zero-order valence-electron chi connectivity index (χ0n) is 15.1. The van der Waals surface area contributed by atoms with Crippen molar-refractivity contribution in [2.45, 2.75) is 33.2 Å². The van der Waals surface area contributed by atoms with Gasteiger partial charge in [0.1, 0.15) is 11.7 Å². The number of nitrogens with two attached hydrogens (primary N) is 1. The number of rotatable bonds is 6. The van der Waals surface area contributed by atoms with Gasteiger partial charge in [0.25, 0.3) is 0 Å². The average Bonchev–Trinajstić information content (AvgIpc) is 2.94. The summed E-state index contributed by atoms with van der Waals surface area (Å²) in [5, 5.41) is 2.43. The number of hydrogen-bond acceptors (Lipinski definition) is 1. The van der Waals surface area contributed by atoms with Crippen LogP contribution < -0.4 is 35.0 Å². The van der Waals surface area contributed by atoms with Crippen molar-refractivity contribution in [2.75, 3.05) is 13.1 Å². The molecule has 0 saturated heterocycles. The highest BCUT2D eigenvalue weighted by atomic mass is 35.5. The van der Waals surface area contributed by atoms with Gasteiger partial charge in [0.2, 0.25) is 0 Å². The Bertz CT molecular complexity index is 702. The zero-order chi connectivity index (χ0) is 16.2. The first-order chi connectivity index (χ1) is 11.1. The molecule has 2 unspecified atom stereocenters. The minimum absolute atomic E-state index is 0. The summed E-state index contributed by atoms with van der Waals surface area (Å²) in [5.41, 5.74) is 6.57. The standard InChI is InChI=1S/C20H25N3.2ClH/c1-15-12-19-20(13-16(15)2)23(14-22-19)11-7-10-21-17(3)18-8-5-4-6-9-18;;/h4-6,8-9,12-14,17,21H,7,10-11H2,1-3H3;2*1H.